The molecule has 0 saturated heterocycles. The summed E-state index contributed by atoms with van der Waals surface area (Å²) in [5.74, 6) is -0.824. The Morgan fingerprint density at radius 1 is 1.11 bits per heavy atom. The zero-order chi connectivity index (χ0) is 24.6. The Hall–Kier alpha value is -4.18. The van der Waals surface area contributed by atoms with E-state index in [-0.39, 0.29) is 45.6 Å². The Morgan fingerprint density at radius 2 is 1.91 bits per heavy atom. The monoisotopic (exact) mass is 487 g/mol. The fourth-order valence-electron chi connectivity index (χ4n) is 3.89. The minimum Gasteiger partial charge on any atom is -0.324 e. The van der Waals surface area contributed by atoms with Crippen LogP contribution in [0.4, 0.5) is 5.95 Å². The highest BCUT2D eigenvalue weighted by atomic mass is 32.2. The number of aromatic nitrogens is 3. The zero-order valence-electron chi connectivity index (χ0n) is 18.8. The molecule has 176 valence electrons. The van der Waals surface area contributed by atoms with E-state index in [0.29, 0.717) is 17.6 Å². The third-order valence-corrected chi connectivity index (χ3v) is 7.49. The Balaban J connectivity index is 1.51. The predicted octanol–water partition coefficient (Wildman–Crippen LogP) is 4.09. The molecule has 1 aliphatic heterocycles. The van der Waals surface area contributed by atoms with Crippen molar-refractivity contribution in [1.82, 2.24) is 15.0 Å². The summed E-state index contributed by atoms with van der Waals surface area (Å²) in [4.78, 5) is 41.7. The van der Waals surface area contributed by atoms with Crippen molar-refractivity contribution >= 4 is 55.0 Å². The molecule has 0 fully saturated rings. The van der Waals surface area contributed by atoms with Crippen molar-refractivity contribution in [2.45, 2.75) is 24.7 Å². The quantitative estimate of drug-likeness (QED) is 0.377. The summed E-state index contributed by atoms with van der Waals surface area (Å²) < 4.78 is 25.2. The lowest BCUT2D eigenvalue weighted by atomic mass is 10.0. The number of aliphatic imine (C=N–C) groups is 1. The number of aromatic amines is 1. The van der Waals surface area contributed by atoms with E-state index in [0.717, 1.165) is 10.8 Å². The van der Waals surface area contributed by atoms with Gasteiger partial charge in [0, 0.05) is 41.9 Å². The highest BCUT2D eigenvalue weighted by Gasteiger charge is 2.22. The lowest BCUT2D eigenvalue weighted by Gasteiger charge is -2.06. The van der Waals surface area contributed by atoms with E-state index in [2.05, 4.69) is 25.3 Å². The van der Waals surface area contributed by atoms with Crippen LogP contribution in [0.15, 0.2) is 70.8 Å². The molecule has 9 nitrogen and oxygen atoms in total. The number of carbonyl (C=O) groups excluding carboxylic acids is 2. The summed E-state index contributed by atoms with van der Waals surface area (Å²) in [6.45, 7) is 1.54. The fraction of sp³-hybridized carbons (Fsp3) is 0.160. The van der Waals surface area contributed by atoms with Gasteiger partial charge in [-0.25, -0.2) is 13.4 Å². The van der Waals surface area contributed by atoms with Crippen LogP contribution in [0.25, 0.3) is 21.8 Å². The van der Waals surface area contributed by atoms with E-state index in [4.69, 9.17) is 0 Å². The summed E-state index contributed by atoms with van der Waals surface area (Å²) >= 11 is 0. The highest BCUT2D eigenvalue weighted by molar-refractivity contribution is 7.91. The van der Waals surface area contributed by atoms with Gasteiger partial charge in [-0.15, -0.1) is 0 Å². The van der Waals surface area contributed by atoms with Crippen molar-refractivity contribution < 1.29 is 18.0 Å². The molecule has 0 atom stereocenters. The second-order valence-corrected chi connectivity index (χ2v) is 10.4. The van der Waals surface area contributed by atoms with Crippen LogP contribution in [0.2, 0.25) is 0 Å². The number of hydrogen-bond acceptors (Lipinski definition) is 7. The number of Topliss-reactive ketones (excluding diaryl/α,β-unsaturated/α-hetero) is 1. The molecule has 0 aliphatic carbocycles. The lowest BCUT2D eigenvalue weighted by molar-refractivity contribution is 0.0998. The summed E-state index contributed by atoms with van der Waals surface area (Å²) in [6, 6.07) is 12.0. The number of fused-ring (bicyclic) bond motifs is 2. The maximum atomic E-state index is 13.1. The molecule has 3 heterocycles. The second-order valence-electron chi connectivity index (χ2n) is 8.11. The Morgan fingerprint density at radius 3 is 2.66 bits per heavy atom. The van der Waals surface area contributed by atoms with Crippen molar-refractivity contribution in [3.8, 4) is 0 Å². The second kappa shape index (κ2) is 8.88. The van der Waals surface area contributed by atoms with E-state index in [1.807, 2.05) is 30.3 Å². The number of nitrogens with one attached hydrogen (secondary N) is 2. The van der Waals surface area contributed by atoms with Gasteiger partial charge in [0.1, 0.15) is 11.2 Å². The van der Waals surface area contributed by atoms with Crippen LogP contribution in [0.1, 0.15) is 40.6 Å². The molecule has 10 heteroatoms. The van der Waals surface area contributed by atoms with Gasteiger partial charge in [-0.05, 0) is 23.6 Å². The molecule has 2 aromatic carbocycles. The minimum atomic E-state index is -3.59. The number of anilines is 1. The SMILES string of the molecule is CCS(=O)(=O)c1cc(C(=O)CC2=NC=CC2)c2nc(NC(=O)c3cc4ccccc4cn3)[nH]c2c1. The molecule has 0 radical (unpaired) electrons. The number of sulfone groups is 1. The molecule has 2 aromatic heterocycles. The number of pyridine rings is 1. The van der Waals surface area contributed by atoms with Gasteiger partial charge < -0.3 is 4.98 Å². The summed E-state index contributed by atoms with van der Waals surface area (Å²) in [7, 11) is -3.59. The molecular formula is C25H21N5O4S. The predicted molar refractivity (Wildman–Crippen MR) is 134 cm³/mol. The van der Waals surface area contributed by atoms with Crippen LogP contribution in [0, 0.1) is 0 Å². The van der Waals surface area contributed by atoms with E-state index >= 15 is 0 Å². The molecule has 2 N–H and O–H groups in total. The van der Waals surface area contributed by atoms with Gasteiger partial charge in [0.25, 0.3) is 5.91 Å². The average molecular weight is 488 g/mol. The Labute approximate surface area is 200 Å². The van der Waals surface area contributed by atoms with Crippen molar-refractivity contribution in [1.29, 1.82) is 0 Å². The molecular weight excluding hydrogens is 466 g/mol. The molecule has 35 heavy (non-hydrogen) atoms. The smallest absolute Gasteiger partial charge is 0.276 e. The molecule has 0 spiro atoms. The Kier molecular flexibility index (Phi) is 5.73. The normalized spacial score (nSPS) is 13.3. The number of ketones is 1. The summed E-state index contributed by atoms with van der Waals surface area (Å²) in [6.07, 6.45) is 5.72. The zero-order valence-corrected chi connectivity index (χ0v) is 19.6. The highest BCUT2D eigenvalue weighted by Crippen LogP contribution is 2.26. The fourth-order valence-corrected chi connectivity index (χ4v) is 4.81. The number of H-pyrrole nitrogens is 1. The van der Waals surface area contributed by atoms with Gasteiger partial charge in [-0.2, -0.15) is 0 Å². The van der Waals surface area contributed by atoms with E-state index < -0.39 is 15.7 Å². The molecule has 1 aliphatic rings. The first-order chi connectivity index (χ1) is 16.8. The number of benzene rings is 2. The van der Waals surface area contributed by atoms with Gasteiger partial charge in [0.05, 0.1) is 16.2 Å². The first-order valence-electron chi connectivity index (χ1n) is 11.0. The topological polar surface area (TPSA) is 134 Å². The number of hydrogen-bond donors (Lipinski definition) is 2. The van der Waals surface area contributed by atoms with Crippen molar-refractivity contribution in [2.24, 2.45) is 4.99 Å². The maximum absolute atomic E-state index is 13.1. The number of allylic oxidation sites excluding steroid dienone is 1. The van der Waals surface area contributed by atoms with Gasteiger partial charge in [0.15, 0.2) is 15.6 Å². The largest absolute Gasteiger partial charge is 0.324 e. The summed E-state index contributed by atoms with van der Waals surface area (Å²) in [5.41, 5.74) is 1.65. The summed E-state index contributed by atoms with van der Waals surface area (Å²) in [5, 5.41) is 4.43. The number of carbonyl (C=O) groups is 2. The van der Waals surface area contributed by atoms with Gasteiger partial charge in [-0.1, -0.05) is 37.3 Å². The minimum absolute atomic E-state index is 0.0139. The molecule has 0 bridgehead atoms. The van der Waals surface area contributed by atoms with Crippen LogP contribution in [-0.2, 0) is 9.84 Å². The lowest BCUT2D eigenvalue weighted by Crippen LogP contribution is -2.14. The van der Waals surface area contributed by atoms with E-state index in [9.17, 15) is 18.0 Å². The van der Waals surface area contributed by atoms with Crippen molar-refractivity contribution in [3.63, 3.8) is 0 Å². The maximum Gasteiger partial charge on any atom is 0.276 e. The Bertz CT molecular complexity index is 1670. The van der Waals surface area contributed by atoms with Gasteiger partial charge in [-0.3, -0.25) is 24.9 Å². The molecule has 5 rings (SSSR count). The van der Waals surface area contributed by atoms with Crippen molar-refractivity contribution in [2.75, 3.05) is 11.1 Å². The third kappa shape index (κ3) is 4.47. The average Bonchev–Trinajstić information content (AvgIpc) is 3.52. The van der Waals surface area contributed by atoms with Crippen LogP contribution in [0.3, 0.4) is 0 Å². The van der Waals surface area contributed by atoms with E-state index in [1.165, 1.54) is 19.1 Å². The van der Waals surface area contributed by atoms with E-state index in [1.54, 1.807) is 18.5 Å². The first-order valence-corrected chi connectivity index (χ1v) is 12.7. The number of nitrogens with zero attached hydrogens (tertiary/aromatic N) is 3. The van der Waals surface area contributed by atoms with Gasteiger partial charge >= 0.3 is 0 Å². The van der Waals surface area contributed by atoms with Crippen LogP contribution >= 0.6 is 0 Å². The van der Waals surface area contributed by atoms with Crippen LogP contribution in [0.5, 0.6) is 0 Å². The van der Waals surface area contributed by atoms with Crippen molar-refractivity contribution in [3.05, 3.63) is 72.2 Å². The molecule has 0 unspecified atom stereocenters. The molecule has 4 aromatic rings. The van der Waals surface area contributed by atoms with Gasteiger partial charge in [0.2, 0.25) is 5.95 Å². The van der Waals surface area contributed by atoms with Crippen LogP contribution in [-0.4, -0.2) is 46.5 Å². The third-order valence-electron chi connectivity index (χ3n) is 5.78. The molecule has 0 saturated carbocycles. The number of amides is 1. The first kappa shape index (κ1) is 22.6. The standard InChI is InChI=1S/C25H21N5O4S/c1-2-35(33,34)18-12-19(22(31)11-17-8-5-9-26-17)23-20(13-18)28-25(29-23)30-24(32)21-10-15-6-3-4-7-16(15)14-27-21/h3-7,9-10,12-14H,2,8,11H2,1H3,(H2,28,29,30,32). The number of rotatable bonds is 7. The van der Waals surface area contributed by atoms with Crippen LogP contribution < -0.4 is 5.32 Å². The number of imidazole rings is 1. The molecule has 1 amide bonds.